The zero-order chi connectivity index (χ0) is 14.0. The maximum atomic E-state index is 6.09. The van der Waals surface area contributed by atoms with Crippen molar-refractivity contribution < 1.29 is 0 Å². The van der Waals surface area contributed by atoms with Gasteiger partial charge in [0, 0.05) is 16.3 Å². The van der Waals surface area contributed by atoms with Crippen molar-refractivity contribution in [1.82, 2.24) is 4.98 Å². The molecule has 1 heterocycles. The summed E-state index contributed by atoms with van der Waals surface area (Å²) < 4.78 is 0. The first-order chi connectivity index (χ1) is 8.95. The van der Waals surface area contributed by atoms with Gasteiger partial charge in [0.05, 0.1) is 10.7 Å². The van der Waals surface area contributed by atoms with E-state index in [1.54, 1.807) is 24.3 Å². The molecule has 2 rings (SSSR count). The van der Waals surface area contributed by atoms with Crippen LogP contribution in [-0.2, 0) is 0 Å². The fraction of sp³-hybridized carbons (Fsp3) is 0.0769. The van der Waals surface area contributed by atoms with Crippen LogP contribution in [0.1, 0.15) is 11.3 Å². The molecule has 0 atom stereocenters. The Balaban J connectivity index is 2.38. The third kappa shape index (κ3) is 3.56. The van der Waals surface area contributed by atoms with E-state index in [0.29, 0.717) is 26.5 Å². The number of rotatable bonds is 3. The number of nitrogens with two attached hydrogens (primary N) is 1. The molecule has 0 aliphatic rings. The third-order valence-corrected chi connectivity index (χ3v) is 3.23. The van der Waals surface area contributed by atoms with Crippen molar-refractivity contribution in [2.24, 2.45) is 5.73 Å². The molecule has 1 aromatic carbocycles. The Bertz CT molecular complexity index is 644. The zero-order valence-corrected chi connectivity index (χ0v) is 12.4. The number of halogens is 2. The van der Waals surface area contributed by atoms with Gasteiger partial charge in [-0.1, -0.05) is 35.4 Å². The van der Waals surface area contributed by atoms with E-state index in [-0.39, 0.29) is 0 Å². The molecule has 0 radical (unpaired) electrons. The topological polar surface area (TPSA) is 50.9 Å². The molecule has 0 unspecified atom stereocenters. The molecule has 0 fully saturated rings. The van der Waals surface area contributed by atoms with Crippen LogP contribution >= 0.6 is 35.4 Å². The minimum atomic E-state index is 0.325. The summed E-state index contributed by atoms with van der Waals surface area (Å²) in [5.74, 6) is 0.618. The molecule has 0 aliphatic carbocycles. The summed E-state index contributed by atoms with van der Waals surface area (Å²) in [4.78, 5) is 4.68. The number of aromatic nitrogens is 1. The molecule has 19 heavy (non-hydrogen) atoms. The van der Waals surface area contributed by atoms with Gasteiger partial charge in [-0.2, -0.15) is 0 Å². The summed E-state index contributed by atoms with van der Waals surface area (Å²) >= 11 is 17.0. The monoisotopic (exact) mass is 311 g/mol. The molecular weight excluding hydrogens is 301 g/mol. The first-order valence-electron chi connectivity index (χ1n) is 5.46. The van der Waals surface area contributed by atoms with Gasteiger partial charge in [-0.3, -0.25) is 0 Å². The second-order valence-electron chi connectivity index (χ2n) is 4.00. The van der Waals surface area contributed by atoms with E-state index in [1.165, 1.54) is 0 Å². The van der Waals surface area contributed by atoms with Crippen LogP contribution in [0.3, 0.4) is 0 Å². The first kappa shape index (κ1) is 14.1. The van der Waals surface area contributed by atoms with E-state index >= 15 is 0 Å². The van der Waals surface area contributed by atoms with Gasteiger partial charge in [0.1, 0.15) is 10.8 Å². The van der Waals surface area contributed by atoms with Crippen LogP contribution in [0, 0.1) is 6.92 Å². The minimum absolute atomic E-state index is 0.325. The molecule has 1 aromatic heterocycles. The lowest BCUT2D eigenvalue weighted by Crippen LogP contribution is -2.10. The molecule has 3 nitrogen and oxygen atoms in total. The number of hydrogen-bond acceptors (Lipinski definition) is 3. The van der Waals surface area contributed by atoms with Crippen molar-refractivity contribution in [3.63, 3.8) is 0 Å². The van der Waals surface area contributed by atoms with Crippen LogP contribution in [0.25, 0.3) is 0 Å². The zero-order valence-electron chi connectivity index (χ0n) is 10.1. The molecule has 98 valence electrons. The van der Waals surface area contributed by atoms with Crippen molar-refractivity contribution in [2.75, 3.05) is 5.32 Å². The van der Waals surface area contributed by atoms with Gasteiger partial charge >= 0.3 is 0 Å². The molecule has 6 heteroatoms. The summed E-state index contributed by atoms with van der Waals surface area (Å²) in [6.45, 7) is 1.87. The summed E-state index contributed by atoms with van der Waals surface area (Å²) in [6.07, 6.45) is 0. The first-order valence-corrected chi connectivity index (χ1v) is 6.62. The van der Waals surface area contributed by atoms with Gasteiger partial charge < -0.3 is 11.1 Å². The van der Waals surface area contributed by atoms with Crippen molar-refractivity contribution in [3.05, 3.63) is 51.6 Å². The molecule has 0 saturated heterocycles. The molecule has 0 bridgehead atoms. The van der Waals surface area contributed by atoms with Gasteiger partial charge in [0.25, 0.3) is 0 Å². The Morgan fingerprint density at radius 2 is 2.00 bits per heavy atom. The highest BCUT2D eigenvalue weighted by Crippen LogP contribution is 2.28. The van der Waals surface area contributed by atoms with E-state index in [1.807, 2.05) is 13.0 Å². The normalized spacial score (nSPS) is 10.3. The molecule has 2 aromatic rings. The second kappa shape index (κ2) is 5.74. The van der Waals surface area contributed by atoms with Crippen molar-refractivity contribution in [1.29, 1.82) is 0 Å². The van der Waals surface area contributed by atoms with Crippen LogP contribution in [0.4, 0.5) is 11.5 Å². The number of nitrogens with zero attached hydrogens (tertiary/aromatic N) is 1. The van der Waals surface area contributed by atoms with Crippen LogP contribution in [0.2, 0.25) is 10.0 Å². The van der Waals surface area contributed by atoms with Gasteiger partial charge in [-0.05, 0) is 37.3 Å². The van der Waals surface area contributed by atoms with Crippen molar-refractivity contribution in [3.8, 4) is 0 Å². The van der Waals surface area contributed by atoms with Crippen LogP contribution in [0.5, 0.6) is 0 Å². The van der Waals surface area contributed by atoms with E-state index in [4.69, 9.17) is 41.2 Å². The smallest absolute Gasteiger partial charge is 0.131 e. The van der Waals surface area contributed by atoms with Crippen molar-refractivity contribution >= 4 is 51.9 Å². The number of thiocarbonyl (C=S) groups is 1. The Kier molecular flexibility index (Phi) is 4.24. The molecular formula is C13H11Cl2N3S. The Morgan fingerprint density at radius 1 is 1.26 bits per heavy atom. The highest BCUT2D eigenvalue weighted by atomic mass is 35.5. The second-order valence-corrected chi connectivity index (χ2v) is 5.28. The van der Waals surface area contributed by atoms with Crippen LogP contribution < -0.4 is 11.1 Å². The molecule has 0 spiro atoms. The molecule has 0 saturated carbocycles. The fourth-order valence-corrected chi connectivity index (χ4v) is 2.06. The lowest BCUT2D eigenvalue weighted by Gasteiger charge is -2.10. The van der Waals surface area contributed by atoms with Gasteiger partial charge in [0.15, 0.2) is 0 Å². The number of aryl methyl sites for hydroxylation is 1. The Labute approximate surface area is 126 Å². The van der Waals surface area contributed by atoms with Gasteiger partial charge in [-0.25, -0.2) is 4.98 Å². The van der Waals surface area contributed by atoms with Gasteiger partial charge in [-0.15, -0.1) is 0 Å². The molecule has 0 amide bonds. The summed E-state index contributed by atoms with van der Waals surface area (Å²) in [7, 11) is 0. The van der Waals surface area contributed by atoms with Crippen molar-refractivity contribution in [2.45, 2.75) is 6.92 Å². The fourth-order valence-electron chi connectivity index (χ4n) is 1.61. The van der Waals surface area contributed by atoms with Crippen LogP contribution in [0.15, 0.2) is 30.3 Å². The summed E-state index contributed by atoms with van der Waals surface area (Å²) in [5, 5.41) is 4.26. The third-order valence-electron chi connectivity index (χ3n) is 2.43. The predicted octanol–water partition coefficient (Wildman–Crippen LogP) is 4.07. The summed E-state index contributed by atoms with van der Waals surface area (Å²) in [5.41, 5.74) is 7.87. The number of pyridine rings is 1. The number of hydrogen-bond donors (Lipinski definition) is 2. The molecule has 3 N–H and O–H groups in total. The maximum Gasteiger partial charge on any atom is 0.131 e. The largest absolute Gasteiger partial charge is 0.389 e. The minimum Gasteiger partial charge on any atom is -0.389 e. The highest BCUT2D eigenvalue weighted by molar-refractivity contribution is 7.80. The number of benzene rings is 1. The SMILES string of the molecule is Cc1cc(C(N)=S)cc(Nc2cc(Cl)ccc2Cl)n1. The lowest BCUT2D eigenvalue weighted by atomic mass is 10.2. The average molecular weight is 312 g/mol. The molecule has 0 aliphatic heterocycles. The van der Waals surface area contributed by atoms with E-state index < -0.39 is 0 Å². The Morgan fingerprint density at radius 3 is 2.68 bits per heavy atom. The maximum absolute atomic E-state index is 6.09. The standard InChI is InChI=1S/C13H11Cl2N3S/c1-7-4-8(13(16)19)5-12(17-7)18-11-6-9(14)2-3-10(11)15/h2-6H,1H3,(H2,16,19)(H,17,18). The quantitative estimate of drug-likeness (QED) is 0.839. The van der Waals surface area contributed by atoms with E-state index in [2.05, 4.69) is 10.3 Å². The Hall–Kier alpha value is -1.36. The number of anilines is 2. The lowest BCUT2D eigenvalue weighted by molar-refractivity contribution is 1.19. The average Bonchev–Trinajstić information content (AvgIpc) is 2.33. The predicted molar refractivity (Wildman–Crippen MR) is 84.6 cm³/mol. The van der Waals surface area contributed by atoms with Gasteiger partial charge in [0.2, 0.25) is 0 Å². The highest BCUT2D eigenvalue weighted by Gasteiger charge is 2.06. The van der Waals surface area contributed by atoms with E-state index in [9.17, 15) is 0 Å². The van der Waals surface area contributed by atoms with Crippen LogP contribution in [-0.4, -0.2) is 9.97 Å². The number of nitrogens with one attached hydrogen (secondary N) is 1. The van der Waals surface area contributed by atoms with E-state index in [0.717, 1.165) is 11.3 Å². The summed E-state index contributed by atoms with van der Waals surface area (Å²) in [6, 6.07) is 8.77.